The molecule has 1 heteroatoms. The van der Waals surface area contributed by atoms with Crippen LogP contribution in [0.5, 0.6) is 0 Å². The van der Waals surface area contributed by atoms with E-state index in [-0.39, 0.29) is 0 Å². The molecule has 0 aliphatic heterocycles. The number of rotatable bonds is 3. The van der Waals surface area contributed by atoms with Crippen molar-refractivity contribution in [2.24, 2.45) is 0 Å². The summed E-state index contributed by atoms with van der Waals surface area (Å²) in [5.41, 5.74) is 5.70. The molecule has 19 heavy (non-hydrogen) atoms. The van der Waals surface area contributed by atoms with Crippen LogP contribution in [0.2, 0.25) is 0 Å². The summed E-state index contributed by atoms with van der Waals surface area (Å²) >= 11 is 3.66. The SMILES string of the molecule is CCCc1cc(Br)cc2c1C=CC2c1ccccc1. The molecule has 96 valence electrons. The largest absolute Gasteiger partial charge is 0.0720 e. The molecule has 0 saturated carbocycles. The Kier molecular flexibility index (Phi) is 3.56. The fraction of sp³-hybridized carbons (Fsp3) is 0.222. The van der Waals surface area contributed by atoms with E-state index in [1.165, 1.54) is 33.1 Å². The van der Waals surface area contributed by atoms with Crippen molar-refractivity contribution in [2.45, 2.75) is 25.7 Å². The van der Waals surface area contributed by atoms with Gasteiger partial charge in [0.2, 0.25) is 0 Å². The van der Waals surface area contributed by atoms with Gasteiger partial charge in [0, 0.05) is 10.4 Å². The van der Waals surface area contributed by atoms with E-state index < -0.39 is 0 Å². The van der Waals surface area contributed by atoms with Crippen molar-refractivity contribution >= 4 is 22.0 Å². The molecule has 0 saturated heterocycles. The van der Waals surface area contributed by atoms with Crippen molar-refractivity contribution in [2.75, 3.05) is 0 Å². The van der Waals surface area contributed by atoms with Crippen LogP contribution in [0.3, 0.4) is 0 Å². The summed E-state index contributed by atoms with van der Waals surface area (Å²) in [4.78, 5) is 0. The van der Waals surface area contributed by atoms with E-state index in [1.54, 1.807) is 0 Å². The summed E-state index contributed by atoms with van der Waals surface area (Å²) in [5.74, 6) is 0.407. The molecular formula is C18H17Br. The number of hydrogen-bond donors (Lipinski definition) is 0. The fourth-order valence-corrected chi connectivity index (χ4v) is 3.40. The van der Waals surface area contributed by atoms with E-state index in [2.05, 4.69) is 77.5 Å². The van der Waals surface area contributed by atoms with Crippen molar-refractivity contribution < 1.29 is 0 Å². The summed E-state index contributed by atoms with van der Waals surface area (Å²) < 4.78 is 1.19. The Bertz CT molecular complexity index is 611. The smallest absolute Gasteiger partial charge is 0.0279 e. The molecule has 2 aromatic rings. The number of halogens is 1. The van der Waals surface area contributed by atoms with Crippen molar-refractivity contribution in [1.29, 1.82) is 0 Å². The minimum absolute atomic E-state index is 0.407. The van der Waals surface area contributed by atoms with E-state index in [9.17, 15) is 0 Å². The zero-order valence-electron chi connectivity index (χ0n) is 11.1. The van der Waals surface area contributed by atoms with Gasteiger partial charge in [-0.05, 0) is 40.8 Å². The highest BCUT2D eigenvalue weighted by atomic mass is 79.9. The molecule has 1 unspecified atom stereocenters. The first-order chi connectivity index (χ1) is 9.29. The third kappa shape index (κ3) is 2.40. The maximum absolute atomic E-state index is 3.66. The van der Waals surface area contributed by atoms with Crippen LogP contribution in [0.15, 0.2) is 53.0 Å². The normalized spacial score (nSPS) is 16.6. The quantitative estimate of drug-likeness (QED) is 0.696. The van der Waals surface area contributed by atoms with E-state index in [0.717, 1.165) is 6.42 Å². The van der Waals surface area contributed by atoms with Crippen LogP contribution < -0.4 is 0 Å². The van der Waals surface area contributed by atoms with Gasteiger partial charge in [-0.15, -0.1) is 0 Å². The third-order valence-electron chi connectivity index (χ3n) is 3.73. The lowest BCUT2D eigenvalue weighted by atomic mass is 9.91. The Morgan fingerprint density at radius 1 is 1.11 bits per heavy atom. The van der Waals surface area contributed by atoms with Gasteiger partial charge in [0.25, 0.3) is 0 Å². The minimum Gasteiger partial charge on any atom is -0.0720 e. The maximum atomic E-state index is 3.66. The lowest BCUT2D eigenvalue weighted by Crippen LogP contribution is -1.98. The molecule has 0 fully saturated rings. The van der Waals surface area contributed by atoms with Crippen LogP contribution in [-0.2, 0) is 6.42 Å². The molecule has 1 atom stereocenters. The summed E-state index contributed by atoms with van der Waals surface area (Å²) in [6.07, 6.45) is 6.95. The number of benzene rings is 2. The molecule has 0 bridgehead atoms. The lowest BCUT2D eigenvalue weighted by molar-refractivity contribution is 0.913. The second-order valence-corrected chi connectivity index (χ2v) is 5.98. The first-order valence-corrected chi connectivity index (χ1v) is 7.64. The highest BCUT2D eigenvalue weighted by molar-refractivity contribution is 9.10. The molecule has 1 aliphatic rings. The zero-order valence-corrected chi connectivity index (χ0v) is 12.7. The fourth-order valence-electron chi connectivity index (χ4n) is 2.88. The topological polar surface area (TPSA) is 0 Å². The molecule has 0 aromatic heterocycles. The van der Waals surface area contributed by atoms with E-state index >= 15 is 0 Å². The van der Waals surface area contributed by atoms with Crippen LogP contribution in [0, 0.1) is 0 Å². The first kappa shape index (κ1) is 12.7. The third-order valence-corrected chi connectivity index (χ3v) is 4.19. The second kappa shape index (κ2) is 5.34. The molecule has 0 spiro atoms. The zero-order chi connectivity index (χ0) is 13.2. The molecule has 3 rings (SSSR count). The molecule has 0 amide bonds. The molecule has 0 nitrogen and oxygen atoms in total. The predicted molar refractivity (Wildman–Crippen MR) is 85.5 cm³/mol. The van der Waals surface area contributed by atoms with Crippen LogP contribution in [-0.4, -0.2) is 0 Å². The van der Waals surface area contributed by atoms with Gasteiger partial charge in [-0.3, -0.25) is 0 Å². The van der Waals surface area contributed by atoms with Gasteiger partial charge in [-0.1, -0.05) is 71.8 Å². The number of aryl methyl sites for hydroxylation is 1. The van der Waals surface area contributed by atoms with Gasteiger partial charge in [-0.2, -0.15) is 0 Å². The van der Waals surface area contributed by atoms with Crippen molar-refractivity contribution in [1.82, 2.24) is 0 Å². The Morgan fingerprint density at radius 2 is 1.89 bits per heavy atom. The van der Waals surface area contributed by atoms with Crippen molar-refractivity contribution in [3.8, 4) is 0 Å². The predicted octanol–water partition coefficient (Wildman–Crippen LogP) is 5.56. The van der Waals surface area contributed by atoms with Crippen LogP contribution in [0.25, 0.3) is 6.08 Å². The van der Waals surface area contributed by atoms with E-state index in [0.29, 0.717) is 5.92 Å². The highest BCUT2D eigenvalue weighted by Crippen LogP contribution is 2.39. The Morgan fingerprint density at radius 3 is 2.63 bits per heavy atom. The van der Waals surface area contributed by atoms with Gasteiger partial charge < -0.3 is 0 Å². The maximum Gasteiger partial charge on any atom is 0.0279 e. The highest BCUT2D eigenvalue weighted by Gasteiger charge is 2.21. The Balaban J connectivity index is 2.08. The summed E-state index contributed by atoms with van der Waals surface area (Å²) in [5, 5.41) is 0. The number of hydrogen-bond acceptors (Lipinski definition) is 0. The van der Waals surface area contributed by atoms with Gasteiger partial charge in [-0.25, -0.2) is 0 Å². The van der Waals surface area contributed by atoms with Crippen LogP contribution >= 0.6 is 15.9 Å². The molecule has 1 aliphatic carbocycles. The first-order valence-electron chi connectivity index (χ1n) is 6.85. The summed E-state index contributed by atoms with van der Waals surface area (Å²) in [7, 11) is 0. The van der Waals surface area contributed by atoms with Gasteiger partial charge in [0.15, 0.2) is 0 Å². The summed E-state index contributed by atoms with van der Waals surface area (Å²) in [6, 6.07) is 15.3. The van der Waals surface area contributed by atoms with E-state index in [1.807, 2.05) is 0 Å². The molecule has 2 aromatic carbocycles. The molecule has 0 radical (unpaired) electrons. The van der Waals surface area contributed by atoms with E-state index in [4.69, 9.17) is 0 Å². The number of fused-ring (bicyclic) bond motifs is 1. The van der Waals surface area contributed by atoms with Crippen molar-refractivity contribution in [3.05, 3.63) is 75.3 Å². The Hall–Kier alpha value is -1.34. The van der Waals surface area contributed by atoms with Gasteiger partial charge in [0.05, 0.1) is 0 Å². The number of allylic oxidation sites excluding steroid dienone is 1. The lowest BCUT2D eigenvalue weighted by Gasteiger charge is -2.14. The average Bonchev–Trinajstić information content (AvgIpc) is 2.84. The van der Waals surface area contributed by atoms with Gasteiger partial charge >= 0.3 is 0 Å². The molecule has 0 N–H and O–H groups in total. The Labute approximate surface area is 123 Å². The van der Waals surface area contributed by atoms with Crippen LogP contribution in [0.4, 0.5) is 0 Å². The van der Waals surface area contributed by atoms with Crippen LogP contribution in [0.1, 0.15) is 41.5 Å². The average molecular weight is 313 g/mol. The van der Waals surface area contributed by atoms with Gasteiger partial charge in [0.1, 0.15) is 0 Å². The second-order valence-electron chi connectivity index (χ2n) is 5.07. The molecular weight excluding hydrogens is 296 g/mol. The minimum atomic E-state index is 0.407. The van der Waals surface area contributed by atoms with Crippen molar-refractivity contribution in [3.63, 3.8) is 0 Å². The summed E-state index contributed by atoms with van der Waals surface area (Å²) in [6.45, 7) is 2.24. The molecule has 0 heterocycles. The standard InChI is InChI=1S/C18H17Br/c1-2-6-14-11-15(19)12-18-16(9-10-17(14)18)13-7-4-3-5-8-13/h3-5,7-12,16H,2,6H2,1H3. The monoisotopic (exact) mass is 312 g/mol.